The Balaban J connectivity index is 1.39. The number of para-hydroxylation sites is 1. The summed E-state index contributed by atoms with van der Waals surface area (Å²) in [7, 11) is 0. The van der Waals surface area contributed by atoms with E-state index in [4.69, 9.17) is 0 Å². The first-order chi connectivity index (χ1) is 15.2. The van der Waals surface area contributed by atoms with Gasteiger partial charge in [0.25, 0.3) is 5.91 Å². The van der Waals surface area contributed by atoms with E-state index in [1.165, 1.54) is 0 Å². The number of nitrogens with zero attached hydrogens (tertiary/aromatic N) is 2. The van der Waals surface area contributed by atoms with E-state index in [0.717, 1.165) is 22.0 Å². The van der Waals surface area contributed by atoms with Crippen molar-refractivity contribution in [2.45, 2.75) is 19.5 Å². The number of hydrogen-bond donors (Lipinski definition) is 2. The molecular weight excluding hydrogens is 388 g/mol. The number of fused-ring (bicyclic) bond motifs is 1. The van der Waals surface area contributed by atoms with Gasteiger partial charge in [0, 0.05) is 49.4 Å². The molecule has 0 radical (unpaired) electrons. The molecule has 0 aliphatic carbocycles. The van der Waals surface area contributed by atoms with E-state index in [1.54, 1.807) is 12.4 Å². The number of carbonyl (C=O) groups is 2. The quantitative estimate of drug-likeness (QED) is 0.465. The standard InChI is InChI=1S/C25H24N4O2/c30-24(28-17-19-10-13-26-14-11-19)12-15-27-25(31)23-16-21-8-4-5-9-22(21)29(23)18-20-6-2-1-3-7-20/h1-11,13-14,16H,12,15,17-18H2,(H,27,31)(H,28,30). The summed E-state index contributed by atoms with van der Waals surface area (Å²) in [6.45, 7) is 1.32. The largest absolute Gasteiger partial charge is 0.352 e. The first kappa shape index (κ1) is 20.3. The zero-order valence-corrected chi connectivity index (χ0v) is 17.1. The third-order valence-electron chi connectivity index (χ3n) is 5.10. The van der Waals surface area contributed by atoms with E-state index in [0.29, 0.717) is 18.8 Å². The van der Waals surface area contributed by atoms with Crippen molar-refractivity contribution < 1.29 is 9.59 Å². The van der Waals surface area contributed by atoms with Crippen LogP contribution in [0, 0.1) is 0 Å². The third-order valence-corrected chi connectivity index (χ3v) is 5.10. The Morgan fingerprint density at radius 3 is 2.39 bits per heavy atom. The van der Waals surface area contributed by atoms with Gasteiger partial charge in [-0.3, -0.25) is 14.6 Å². The monoisotopic (exact) mass is 412 g/mol. The summed E-state index contributed by atoms with van der Waals surface area (Å²) in [6.07, 6.45) is 3.60. The van der Waals surface area contributed by atoms with Gasteiger partial charge in [-0.05, 0) is 35.4 Å². The van der Waals surface area contributed by atoms with Crippen molar-refractivity contribution in [3.8, 4) is 0 Å². The van der Waals surface area contributed by atoms with E-state index in [2.05, 4.69) is 15.6 Å². The minimum atomic E-state index is -0.186. The molecule has 2 heterocycles. The zero-order valence-electron chi connectivity index (χ0n) is 17.1. The van der Waals surface area contributed by atoms with Gasteiger partial charge in [-0.15, -0.1) is 0 Å². The molecule has 2 aromatic carbocycles. The molecule has 0 bridgehead atoms. The summed E-state index contributed by atoms with van der Waals surface area (Å²) in [5, 5.41) is 6.75. The average molecular weight is 412 g/mol. The summed E-state index contributed by atoms with van der Waals surface area (Å²) >= 11 is 0. The molecule has 0 unspecified atom stereocenters. The topological polar surface area (TPSA) is 76.0 Å². The molecule has 2 aromatic heterocycles. The maximum Gasteiger partial charge on any atom is 0.267 e. The lowest BCUT2D eigenvalue weighted by molar-refractivity contribution is -0.121. The van der Waals surface area contributed by atoms with Crippen LogP contribution in [0.15, 0.2) is 85.2 Å². The summed E-state index contributed by atoms with van der Waals surface area (Å²) in [5.41, 5.74) is 3.69. The van der Waals surface area contributed by atoms with Crippen molar-refractivity contribution in [3.63, 3.8) is 0 Å². The normalized spacial score (nSPS) is 10.7. The molecule has 0 aliphatic heterocycles. The second-order valence-electron chi connectivity index (χ2n) is 7.30. The number of amides is 2. The molecule has 0 saturated carbocycles. The van der Waals surface area contributed by atoms with Crippen molar-refractivity contribution in [3.05, 3.63) is 102 Å². The Labute approximate surface area is 180 Å². The highest BCUT2D eigenvalue weighted by Gasteiger charge is 2.16. The Bertz CT molecular complexity index is 1170. The van der Waals surface area contributed by atoms with E-state index in [-0.39, 0.29) is 24.8 Å². The molecule has 6 heteroatoms. The zero-order chi connectivity index (χ0) is 21.5. The van der Waals surface area contributed by atoms with Gasteiger partial charge >= 0.3 is 0 Å². The third kappa shape index (κ3) is 5.17. The molecule has 0 spiro atoms. The van der Waals surface area contributed by atoms with Gasteiger partial charge in [0.2, 0.25) is 5.91 Å². The van der Waals surface area contributed by atoms with Crippen molar-refractivity contribution in [1.29, 1.82) is 0 Å². The molecule has 2 N–H and O–H groups in total. The number of aromatic nitrogens is 2. The Morgan fingerprint density at radius 1 is 0.839 bits per heavy atom. The molecule has 2 amide bonds. The smallest absolute Gasteiger partial charge is 0.267 e. The molecule has 0 aliphatic rings. The van der Waals surface area contributed by atoms with Gasteiger partial charge in [0.15, 0.2) is 0 Å². The fourth-order valence-corrected chi connectivity index (χ4v) is 3.50. The molecule has 156 valence electrons. The lowest BCUT2D eigenvalue weighted by atomic mass is 10.2. The van der Waals surface area contributed by atoms with E-state index in [1.807, 2.05) is 77.4 Å². The van der Waals surface area contributed by atoms with Crippen molar-refractivity contribution in [1.82, 2.24) is 20.2 Å². The minimum Gasteiger partial charge on any atom is -0.352 e. The fourth-order valence-electron chi connectivity index (χ4n) is 3.50. The van der Waals surface area contributed by atoms with Crippen molar-refractivity contribution in [2.24, 2.45) is 0 Å². The number of carbonyl (C=O) groups excluding carboxylic acids is 2. The molecule has 31 heavy (non-hydrogen) atoms. The van der Waals surface area contributed by atoms with Gasteiger partial charge in [0.05, 0.1) is 0 Å². The minimum absolute atomic E-state index is 0.109. The predicted molar refractivity (Wildman–Crippen MR) is 121 cm³/mol. The summed E-state index contributed by atoms with van der Waals surface area (Å²) in [4.78, 5) is 29.0. The highest BCUT2D eigenvalue weighted by molar-refractivity contribution is 5.99. The van der Waals surface area contributed by atoms with Crippen LogP contribution in [-0.4, -0.2) is 27.9 Å². The second-order valence-corrected chi connectivity index (χ2v) is 7.30. The van der Waals surface area contributed by atoms with Crippen LogP contribution in [-0.2, 0) is 17.9 Å². The van der Waals surface area contributed by atoms with Crippen LogP contribution in [0.5, 0.6) is 0 Å². The van der Waals surface area contributed by atoms with Crippen LogP contribution in [0.3, 0.4) is 0 Å². The van der Waals surface area contributed by atoms with E-state index >= 15 is 0 Å². The Kier molecular flexibility index (Phi) is 6.38. The van der Waals surface area contributed by atoms with Gasteiger partial charge in [-0.1, -0.05) is 48.5 Å². The molecule has 0 fully saturated rings. The summed E-state index contributed by atoms with van der Waals surface area (Å²) in [6, 6.07) is 23.6. The van der Waals surface area contributed by atoms with Crippen LogP contribution in [0.2, 0.25) is 0 Å². The van der Waals surface area contributed by atoms with Crippen molar-refractivity contribution in [2.75, 3.05) is 6.54 Å². The summed E-state index contributed by atoms with van der Waals surface area (Å²) in [5.74, 6) is -0.295. The molecule has 0 saturated heterocycles. The average Bonchev–Trinajstić information content (AvgIpc) is 3.17. The highest BCUT2D eigenvalue weighted by Crippen LogP contribution is 2.21. The fraction of sp³-hybridized carbons (Fsp3) is 0.160. The Morgan fingerprint density at radius 2 is 1.58 bits per heavy atom. The van der Waals surface area contributed by atoms with Crippen LogP contribution >= 0.6 is 0 Å². The molecule has 4 rings (SSSR count). The Hall–Kier alpha value is -3.93. The number of pyridine rings is 1. The number of hydrogen-bond acceptors (Lipinski definition) is 3. The van der Waals surface area contributed by atoms with Gasteiger partial charge in [0.1, 0.15) is 5.69 Å². The SMILES string of the molecule is O=C(CCNC(=O)c1cc2ccccc2n1Cc1ccccc1)NCc1ccncc1. The van der Waals surface area contributed by atoms with Crippen LogP contribution in [0.25, 0.3) is 10.9 Å². The first-order valence-corrected chi connectivity index (χ1v) is 10.3. The molecule has 0 atom stereocenters. The predicted octanol–water partition coefficient (Wildman–Crippen LogP) is 3.52. The lowest BCUT2D eigenvalue weighted by Gasteiger charge is -2.11. The van der Waals surface area contributed by atoms with Gasteiger partial charge < -0.3 is 15.2 Å². The molecule has 6 nitrogen and oxygen atoms in total. The van der Waals surface area contributed by atoms with Crippen LogP contribution in [0.1, 0.15) is 28.0 Å². The van der Waals surface area contributed by atoms with Crippen molar-refractivity contribution >= 4 is 22.7 Å². The van der Waals surface area contributed by atoms with Crippen LogP contribution in [0.4, 0.5) is 0 Å². The van der Waals surface area contributed by atoms with Gasteiger partial charge in [-0.2, -0.15) is 0 Å². The highest BCUT2D eigenvalue weighted by atomic mass is 16.2. The van der Waals surface area contributed by atoms with Crippen LogP contribution < -0.4 is 10.6 Å². The lowest BCUT2D eigenvalue weighted by Crippen LogP contribution is -2.31. The van der Waals surface area contributed by atoms with E-state index < -0.39 is 0 Å². The first-order valence-electron chi connectivity index (χ1n) is 10.3. The van der Waals surface area contributed by atoms with Gasteiger partial charge in [-0.25, -0.2) is 0 Å². The molecular formula is C25H24N4O2. The second kappa shape index (κ2) is 9.71. The number of nitrogens with one attached hydrogen (secondary N) is 2. The van der Waals surface area contributed by atoms with E-state index in [9.17, 15) is 9.59 Å². The summed E-state index contributed by atoms with van der Waals surface area (Å²) < 4.78 is 2.02. The number of benzene rings is 2. The number of rotatable bonds is 8. The maximum atomic E-state index is 12.9. The molecule has 4 aromatic rings. The maximum absolute atomic E-state index is 12.9.